The van der Waals surface area contributed by atoms with E-state index in [1.54, 1.807) is 7.11 Å². The highest BCUT2D eigenvalue weighted by atomic mass is 35.5. The quantitative estimate of drug-likeness (QED) is 0.828. The Morgan fingerprint density at radius 3 is 2.65 bits per heavy atom. The van der Waals surface area contributed by atoms with Crippen molar-refractivity contribution in [3.63, 3.8) is 0 Å². The lowest BCUT2D eigenvalue weighted by molar-refractivity contribution is 0.356. The second kappa shape index (κ2) is 6.87. The van der Waals surface area contributed by atoms with Gasteiger partial charge in [0.25, 0.3) is 0 Å². The van der Waals surface area contributed by atoms with Gasteiger partial charge in [0.1, 0.15) is 5.75 Å². The SMILES string of the molecule is CCCC(C)C(NC)c1ccc(Cl)cc1OC. The molecule has 1 aromatic carbocycles. The molecule has 96 valence electrons. The molecule has 0 radical (unpaired) electrons. The Morgan fingerprint density at radius 1 is 1.41 bits per heavy atom. The molecule has 1 rings (SSSR count). The van der Waals surface area contributed by atoms with E-state index in [0.29, 0.717) is 17.0 Å². The first-order chi connectivity index (χ1) is 8.13. The van der Waals surface area contributed by atoms with Gasteiger partial charge in [0, 0.05) is 16.6 Å². The summed E-state index contributed by atoms with van der Waals surface area (Å²) in [5, 5.41) is 4.09. The number of rotatable bonds is 6. The van der Waals surface area contributed by atoms with Crippen LogP contribution < -0.4 is 10.1 Å². The lowest BCUT2D eigenvalue weighted by atomic mass is 9.90. The van der Waals surface area contributed by atoms with E-state index < -0.39 is 0 Å². The summed E-state index contributed by atoms with van der Waals surface area (Å²) in [5.74, 6) is 1.43. The van der Waals surface area contributed by atoms with Crippen LogP contribution in [0.3, 0.4) is 0 Å². The van der Waals surface area contributed by atoms with Crippen molar-refractivity contribution in [2.24, 2.45) is 5.92 Å². The van der Waals surface area contributed by atoms with E-state index >= 15 is 0 Å². The normalized spacial score (nSPS) is 14.4. The van der Waals surface area contributed by atoms with Crippen LogP contribution in [0.5, 0.6) is 5.75 Å². The van der Waals surface area contributed by atoms with Crippen LogP contribution in [0.4, 0.5) is 0 Å². The maximum atomic E-state index is 5.98. The number of methoxy groups -OCH3 is 1. The molecule has 1 aromatic rings. The summed E-state index contributed by atoms with van der Waals surface area (Å²) in [6.07, 6.45) is 2.38. The summed E-state index contributed by atoms with van der Waals surface area (Å²) in [5.41, 5.74) is 1.18. The van der Waals surface area contributed by atoms with Gasteiger partial charge in [0.05, 0.1) is 7.11 Å². The number of ether oxygens (including phenoxy) is 1. The lowest BCUT2D eigenvalue weighted by Crippen LogP contribution is -2.24. The largest absolute Gasteiger partial charge is 0.496 e. The van der Waals surface area contributed by atoms with Crippen LogP contribution in [-0.4, -0.2) is 14.2 Å². The van der Waals surface area contributed by atoms with Crippen LogP contribution in [0, 0.1) is 5.92 Å². The fourth-order valence-electron chi connectivity index (χ4n) is 2.31. The molecule has 2 unspecified atom stereocenters. The third kappa shape index (κ3) is 3.62. The van der Waals surface area contributed by atoms with Gasteiger partial charge in [0.15, 0.2) is 0 Å². The van der Waals surface area contributed by atoms with Gasteiger partial charge >= 0.3 is 0 Å². The number of halogens is 1. The molecule has 0 heterocycles. The van der Waals surface area contributed by atoms with Gasteiger partial charge in [-0.25, -0.2) is 0 Å². The van der Waals surface area contributed by atoms with E-state index in [4.69, 9.17) is 16.3 Å². The Bertz CT molecular complexity index is 354. The molecule has 17 heavy (non-hydrogen) atoms. The molecule has 3 heteroatoms. The van der Waals surface area contributed by atoms with Crippen molar-refractivity contribution >= 4 is 11.6 Å². The molecule has 2 atom stereocenters. The van der Waals surface area contributed by atoms with E-state index in [1.807, 2.05) is 19.2 Å². The minimum atomic E-state index is 0.308. The molecule has 0 bridgehead atoms. The molecule has 0 aromatic heterocycles. The van der Waals surface area contributed by atoms with Crippen molar-refractivity contribution < 1.29 is 4.74 Å². The monoisotopic (exact) mass is 255 g/mol. The van der Waals surface area contributed by atoms with E-state index in [0.717, 1.165) is 5.75 Å². The minimum Gasteiger partial charge on any atom is -0.496 e. The summed E-state index contributed by atoms with van der Waals surface area (Å²) in [6, 6.07) is 6.15. The average molecular weight is 256 g/mol. The van der Waals surface area contributed by atoms with Gasteiger partial charge in [0.2, 0.25) is 0 Å². The molecule has 2 nitrogen and oxygen atoms in total. The highest BCUT2D eigenvalue weighted by Gasteiger charge is 2.20. The smallest absolute Gasteiger partial charge is 0.125 e. The molecule has 0 aliphatic carbocycles. The summed E-state index contributed by atoms with van der Waals surface area (Å²) in [7, 11) is 3.68. The first-order valence-electron chi connectivity index (χ1n) is 6.14. The van der Waals surface area contributed by atoms with E-state index in [-0.39, 0.29) is 0 Å². The predicted molar refractivity (Wildman–Crippen MR) is 73.9 cm³/mol. The maximum Gasteiger partial charge on any atom is 0.125 e. The second-order valence-electron chi connectivity index (χ2n) is 4.42. The third-order valence-electron chi connectivity index (χ3n) is 3.15. The number of hydrogen-bond acceptors (Lipinski definition) is 2. The fourth-order valence-corrected chi connectivity index (χ4v) is 2.47. The van der Waals surface area contributed by atoms with Crippen LogP contribution in [-0.2, 0) is 0 Å². The number of benzene rings is 1. The number of nitrogens with one attached hydrogen (secondary N) is 1. The average Bonchev–Trinajstić information content (AvgIpc) is 2.32. The van der Waals surface area contributed by atoms with Crippen LogP contribution in [0.25, 0.3) is 0 Å². The zero-order valence-corrected chi connectivity index (χ0v) is 11.8. The van der Waals surface area contributed by atoms with Crippen LogP contribution >= 0.6 is 11.6 Å². The molecular weight excluding hydrogens is 234 g/mol. The van der Waals surface area contributed by atoms with Crippen molar-refractivity contribution in [3.05, 3.63) is 28.8 Å². The van der Waals surface area contributed by atoms with Gasteiger partial charge in [-0.05, 0) is 31.5 Å². The first-order valence-corrected chi connectivity index (χ1v) is 6.52. The van der Waals surface area contributed by atoms with E-state index in [9.17, 15) is 0 Å². The van der Waals surface area contributed by atoms with Crippen LogP contribution in [0.1, 0.15) is 38.3 Å². The maximum absolute atomic E-state index is 5.98. The molecular formula is C14H22ClNO. The van der Waals surface area contributed by atoms with Crippen molar-refractivity contribution in [2.75, 3.05) is 14.2 Å². The molecule has 0 saturated heterocycles. The zero-order chi connectivity index (χ0) is 12.8. The summed E-state index contributed by atoms with van der Waals surface area (Å²) >= 11 is 5.98. The van der Waals surface area contributed by atoms with Gasteiger partial charge in [-0.2, -0.15) is 0 Å². The topological polar surface area (TPSA) is 21.3 Å². The highest BCUT2D eigenvalue weighted by molar-refractivity contribution is 6.30. The van der Waals surface area contributed by atoms with E-state index in [1.165, 1.54) is 18.4 Å². The second-order valence-corrected chi connectivity index (χ2v) is 4.86. The molecule has 0 saturated carbocycles. The van der Waals surface area contributed by atoms with Crippen molar-refractivity contribution in [1.82, 2.24) is 5.32 Å². The summed E-state index contributed by atoms with van der Waals surface area (Å²) in [6.45, 7) is 4.47. The summed E-state index contributed by atoms with van der Waals surface area (Å²) < 4.78 is 5.41. The molecule has 0 fully saturated rings. The highest BCUT2D eigenvalue weighted by Crippen LogP contribution is 2.33. The number of hydrogen-bond donors (Lipinski definition) is 1. The summed E-state index contributed by atoms with van der Waals surface area (Å²) in [4.78, 5) is 0. The Balaban J connectivity index is 3.02. The Kier molecular flexibility index (Phi) is 5.79. The molecule has 0 aliphatic rings. The van der Waals surface area contributed by atoms with Gasteiger partial charge < -0.3 is 10.1 Å². The van der Waals surface area contributed by atoms with Crippen LogP contribution in [0.2, 0.25) is 5.02 Å². The third-order valence-corrected chi connectivity index (χ3v) is 3.39. The zero-order valence-electron chi connectivity index (χ0n) is 11.1. The standard InChI is InChI=1S/C14H22ClNO/c1-5-6-10(2)14(16-3)12-8-7-11(15)9-13(12)17-4/h7-10,14,16H,5-6H2,1-4H3. The van der Waals surface area contributed by atoms with Crippen molar-refractivity contribution in [3.8, 4) is 5.75 Å². The van der Waals surface area contributed by atoms with Gasteiger partial charge in [-0.1, -0.05) is 37.9 Å². The molecule has 0 aliphatic heterocycles. The first kappa shape index (κ1) is 14.3. The van der Waals surface area contributed by atoms with Crippen LogP contribution in [0.15, 0.2) is 18.2 Å². The van der Waals surface area contributed by atoms with E-state index in [2.05, 4.69) is 25.2 Å². The van der Waals surface area contributed by atoms with Crippen molar-refractivity contribution in [2.45, 2.75) is 32.7 Å². The Morgan fingerprint density at radius 2 is 2.12 bits per heavy atom. The lowest BCUT2D eigenvalue weighted by Gasteiger charge is -2.25. The van der Waals surface area contributed by atoms with Gasteiger partial charge in [-0.15, -0.1) is 0 Å². The molecule has 1 N–H and O–H groups in total. The van der Waals surface area contributed by atoms with Gasteiger partial charge in [-0.3, -0.25) is 0 Å². The minimum absolute atomic E-state index is 0.308. The van der Waals surface area contributed by atoms with Crippen molar-refractivity contribution in [1.29, 1.82) is 0 Å². The fraction of sp³-hybridized carbons (Fsp3) is 0.571. The molecule has 0 amide bonds. The molecule has 0 spiro atoms. The Hall–Kier alpha value is -0.730. The Labute approximate surface area is 109 Å². The predicted octanol–water partition coefficient (Wildman–Crippen LogP) is 4.05.